The molecule has 0 aromatic heterocycles. The van der Waals surface area contributed by atoms with E-state index < -0.39 is 11.7 Å². The third-order valence-electron chi connectivity index (χ3n) is 6.22. The number of carbonyl (C=O) groups excluding carboxylic acids is 1. The summed E-state index contributed by atoms with van der Waals surface area (Å²) in [6, 6.07) is 10.1. The second-order valence-electron chi connectivity index (χ2n) is 10.2. The molecule has 2 aliphatic heterocycles. The summed E-state index contributed by atoms with van der Waals surface area (Å²) in [5.41, 5.74) is 9.25. The molecule has 7 nitrogen and oxygen atoms in total. The molecule has 3 N–H and O–H groups in total. The van der Waals surface area contributed by atoms with Crippen LogP contribution in [0.5, 0.6) is 0 Å². The molecule has 4 rings (SSSR count). The molecule has 2 aromatic carbocycles. The highest BCUT2D eigenvalue weighted by Crippen LogP contribution is 2.39. The molecule has 1 unspecified atom stereocenters. The molecule has 0 spiro atoms. The fourth-order valence-corrected chi connectivity index (χ4v) is 4.52. The average molecular weight is 486 g/mol. The van der Waals surface area contributed by atoms with Crippen LogP contribution in [0.1, 0.15) is 52.9 Å². The van der Waals surface area contributed by atoms with Crippen molar-refractivity contribution in [2.24, 2.45) is 0 Å². The molecule has 0 saturated carbocycles. The number of benzene rings is 2. The first kappa shape index (κ1) is 25.3. The van der Waals surface area contributed by atoms with Gasteiger partial charge in [-0.15, -0.1) is 0 Å². The Morgan fingerprint density at radius 3 is 2.46 bits per heavy atom. The van der Waals surface area contributed by atoms with E-state index in [-0.39, 0.29) is 18.2 Å². The highest BCUT2D eigenvalue weighted by molar-refractivity contribution is 5.94. The number of anilines is 3. The van der Waals surface area contributed by atoms with E-state index in [1.165, 1.54) is 12.1 Å². The van der Waals surface area contributed by atoms with Gasteiger partial charge in [-0.1, -0.05) is 12.1 Å². The van der Waals surface area contributed by atoms with Crippen LogP contribution in [0.25, 0.3) is 11.1 Å². The van der Waals surface area contributed by atoms with E-state index in [1.54, 1.807) is 12.1 Å². The summed E-state index contributed by atoms with van der Waals surface area (Å²) in [4.78, 5) is 14.7. The van der Waals surface area contributed by atoms with Gasteiger partial charge in [-0.05, 0) is 82.7 Å². The normalized spacial score (nSPS) is 19.4. The van der Waals surface area contributed by atoms with E-state index in [0.29, 0.717) is 11.4 Å². The summed E-state index contributed by atoms with van der Waals surface area (Å²) in [5, 5.41) is 2.78. The molecular formula is C27H36FN3O4. The molecule has 2 saturated heterocycles. The zero-order chi connectivity index (χ0) is 25.0. The van der Waals surface area contributed by atoms with Gasteiger partial charge in [0.1, 0.15) is 11.4 Å². The van der Waals surface area contributed by atoms with Crippen LogP contribution in [0, 0.1) is 5.82 Å². The predicted molar refractivity (Wildman–Crippen MR) is 136 cm³/mol. The number of carbonyl (C=O) groups is 1. The molecule has 1 atom stereocenters. The first-order valence-electron chi connectivity index (χ1n) is 12.4. The fourth-order valence-electron chi connectivity index (χ4n) is 4.52. The number of nitrogens with two attached hydrogens (primary N) is 1. The zero-order valence-electron chi connectivity index (χ0n) is 20.8. The van der Waals surface area contributed by atoms with Crippen LogP contribution in [-0.4, -0.2) is 43.8 Å². The van der Waals surface area contributed by atoms with Gasteiger partial charge in [0.2, 0.25) is 0 Å². The maximum atomic E-state index is 13.6. The molecule has 2 aliphatic rings. The molecule has 35 heavy (non-hydrogen) atoms. The van der Waals surface area contributed by atoms with Crippen LogP contribution >= 0.6 is 0 Å². The van der Waals surface area contributed by atoms with E-state index in [1.807, 2.05) is 32.9 Å². The van der Waals surface area contributed by atoms with Crippen molar-refractivity contribution in [3.05, 3.63) is 42.2 Å². The zero-order valence-corrected chi connectivity index (χ0v) is 20.8. The van der Waals surface area contributed by atoms with Crippen LogP contribution in [0.15, 0.2) is 36.4 Å². The molecule has 190 valence electrons. The molecule has 1 amide bonds. The number of nitrogens with one attached hydrogen (secondary N) is 1. The second kappa shape index (κ2) is 10.8. The fraction of sp³-hybridized carbons (Fsp3) is 0.519. The van der Waals surface area contributed by atoms with Gasteiger partial charge in [0, 0.05) is 30.9 Å². The average Bonchev–Trinajstić information content (AvgIpc) is 2.81. The first-order valence-corrected chi connectivity index (χ1v) is 12.4. The van der Waals surface area contributed by atoms with E-state index in [9.17, 15) is 9.18 Å². The van der Waals surface area contributed by atoms with Gasteiger partial charge in [0.05, 0.1) is 17.5 Å². The number of piperidine rings is 1. The minimum atomic E-state index is -0.625. The summed E-state index contributed by atoms with van der Waals surface area (Å²) < 4.78 is 31.0. The Balaban J connectivity index is 1.55. The predicted octanol–water partition coefficient (Wildman–Crippen LogP) is 5.93. The minimum absolute atomic E-state index is 0.101. The van der Waals surface area contributed by atoms with Gasteiger partial charge in [0.25, 0.3) is 0 Å². The Morgan fingerprint density at radius 2 is 1.83 bits per heavy atom. The summed E-state index contributed by atoms with van der Waals surface area (Å²) in [7, 11) is 0. The quantitative estimate of drug-likeness (QED) is 0.510. The lowest BCUT2D eigenvalue weighted by molar-refractivity contribution is -0.191. The lowest BCUT2D eigenvalue weighted by Gasteiger charge is -2.37. The summed E-state index contributed by atoms with van der Waals surface area (Å²) in [6.07, 6.45) is 4.40. The maximum absolute atomic E-state index is 13.6. The molecule has 0 aliphatic carbocycles. The van der Waals surface area contributed by atoms with Crippen molar-refractivity contribution in [2.45, 2.75) is 70.9 Å². The number of halogens is 1. The Labute approximate surface area is 206 Å². The molecule has 8 heteroatoms. The van der Waals surface area contributed by atoms with Crippen molar-refractivity contribution < 1.29 is 23.4 Å². The van der Waals surface area contributed by atoms with Crippen LogP contribution in [0.3, 0.4) is 0 Å². The number of hydrogen-bond donors (Lipinski definition) is 2. The van der Waals surface area contributed by atoms with Crippen molar-refractivity contribution in [1.82, 2.24) is 0 Å². The van der Waals surface area contributed by atoms with Crippen molar-refractivity contribution in [3.63, 3.8) is 0 Å². The Bertz CT molecular complexity index is 1010. The lowest BCUT2D eigenvalue weighted by Crippen LogP contribution is -2.39. The van der Waals surface area contributed by atoms with Crippen molar-refractivity contribution >= 4 is 23.2 Å². The molecule has 2 fully saturated rings. The van der Waals surface area contributed by atoms with Gasteiger partial charge >= 0.3 is 6.09 Å². The van der Waals surface area contributed by atoms with E-state index >= 15 is 0 Å². The van der Waals surface area contributed by atoms with Crippen LogP contribution in [0.2, 0.25) is 0 Å². The molecule has 0 bridgehead atoms. The Hall–Kier alpha value is -2.84. The minimum Gasteiger partial charge on any atom is -0.444 e. The van der Waals surface area contributed by atoms with E-state index in [2.05, 4.69) is 10.2 Å². The number of nitrogens with zero attached hydrogens (tertiary/aromatic N) is 1. The van der Waals surface area contributed by atoms with E-state index in [0.717, 1.165) is 68.6 Å². The Kier molecular flexibility index (Phi) is 7.82. The van der Waals surface area contributed by atoms with E-state index in [4.69, 9.17) is 19.9 Å². The lowest BCUT2D eigenvalue weighted by atomic mass is 9.98. The number of ether oxygens (including phenoxy) is 3. The molecule has 2 heterocycles. The monoisotopic (exact) mass is 485 g/mol. The number of amides is 1. The van der Waals surface area contributed by atoms with Gasteiger partial charge in [-0.3, -0.25) is 5.32 Å². The maximum Gasteiger partial charge on any atom is 0.412 e. The molecule has 0 radical (unpaired) electrons. The summed E-state index contributed by atoms with van der Waals surface area (Å²) >= 11 is 0. The standard InChI is InChI=1S/C27H36FN3O4/c1-27(2,3)35-26(32)30-23-17-24(21(16-22(23)29)18-7-9-19(28)10-8-18)31-13-11-20(12-14-31)34-25-6-4-5-15-33-25/h7-10,16-17,20,25H,4-6,11-15,29H2,1-3H3,(H,30,32). The highest BCUT2D eigenvalue weighted by atomic mass is 19.1. The number of nitrogen functional groups attached to an aromatic ring is 1. The topological polar surface area (TPSA) is 86.0 Å². The SMILES string of the molecule is CC(C)(C)OC(=O)Nc1cc(N2CCC(OC3CCCCO3)CC2)c(-c2ccc(F)cc2)cc1N. The van der Waals surface area contributed by atoms with Crippen LogP contribution < -0.4 is 16.0 Å². The van der Waals surface area contributed by atoms with Gasteiger partial charge in [-0.2, -0.15) is 0 Å². The third kappa shape index (κ3) is 6.86. The highest BCUT2D eigenvalue weighted by Gasteiger charge is 2.27. The smallest absolute Gasteiger partial charge is 0.412 e. The van der Waals surface area contributed by atoms with Crippen molar-refractivity contribution in [1.29, 1.82) is 0 Å². The largest absolute Gasteiger partial charge is 0.444 e. The first-order chi connectivity index (χ1) is 16.7. The van der Waals surface area contributed by atoms with Crippen LogP contribution in [-0.2, 0) is 14.2 Å². The van der Waals surface area contributed by atoms with Crippen molar-refractivity contribution in [3.8, 4) is 11.1 Å². The van der Waals surface area contributed by atoms with Gasteiger partial charge in [-0.25, -0.2) is 9.18 Å². The van der Waals surface area contributed by atoms with Gasteiger partial charge in [0.15, 0.2) is 6.29 Å². The van der Waals surface area contributed by atoms with Crippen LogP contribution in [0.4, 0.5) is 26.2 Å². The Morgan fingerprint density at radius 1 is 1.11 bits per heavy atom. The number of rotatable bonds is 5. The van der Waals surface area contributed by atoms with Crippen molar-refractivity contribution in [2.75, 3.05) is 35.6 Å². The molecular weight excluding hydrogens is 449 g/mol. The van der Waals surface area contributed by atoms with Gasteiger partial charge < -0.3 is 24.8 Å². The second-order valence-corrected chi connectivity index (χ2v) is 10.2. The summed E-state index contributed by atoms with van der Waals surface area (Å²) in [5.74, 6) is -0.297. The molecule has 2 aromatic rings. The summed E-state index contributed by atoms with van der Waals surface area (Å²) in [6.45, 7) is 7.75. The third-order valence-corrected chi connectivity index (χ3v) is 6.22. The number of hydrogen-bond acceptors (Lipinski definition) is 6.